The summed E-state index contributed by atoms with van der Waals surface area (Å²) >= 11 is 0. The second kappa shape index (κ2) is 5.49. The molecule has 0 radical (unpaired) electrons. The Hall–Kier alpha value is -2.47. The zero-order chi connectivity index (χ0) is 14.8. The summed E-state index contributed by atoms with van der Waals surface area (Å²) in [6.45, 7) is 1.17. The third kappa shape index (κ3) is 2.45. The van der Waals surface area contributed by atoms with Crippen LogP contribution in [0, 0.1) is 0 Å². The van der Waals surface area contributed by atoms with Crippen molar-refractivity contribution in [1.82, 2.24) is 10.2 Å². The number of nitrogens with zero attached hydrogens (tertiary/aromatic N) is 2. The van der Waals surface area contributed by atoms with Crippen LogP contribution in [0.3, 0.4) is 0 Å². The minimum Gasteiger partial charge on any atom is -0.330 e. The topological polar surface area (TPSA) is 92.1 Å². The SMILES string of the molecule is NCCC1CN(C(=O)c2ccc(=O)[nH]n2)c2ccccc21. The summed E-state index contributed by atoms with van der Waals surface area (Å²) in [5.41, 5.74) is 7.61. The number of aromatic amines is 1. The highest BCUT2D eigenvalue weighted by molar-refractivity contribution is 6.06. The zero-order valence-corrected chi connectivity index (χ0v) is 11.5. The highest BCUT2D eigenvalue weighted by Gasteiger charge is 2.32. The summed E-state index contributed by atoms with van der Waals surface area (Å²) in [5.74, 6) is 0.0381. The number of fused-ring (bicyclic) bond motifs is 1. The molecule has 0 aliphatic carbocycles. The standard InChI is InChI=1S/C15H16N4O2/c16-8-7-10-9-19(13-4-2-1-3-11(10)13)15(21)12-5-6-14(20)18-17-12/h1-6,10H,7-9,16H2,(H,18,20). The van der Waals surface area contributed by atoms with Gasteiger partial charge in [0.25, 0.3) is 11.5 Å². The Balaban J connectivity index is 1.94. The number of carbonyl (C=O) groups excluding carboxylic acids is 1. The van der Waals surface area contributed by atoms with E-state index in [0.717, 1.165) is 17.7 Å². The van der Waals surface area contributed by atoms with E-state index in [0.29, 0.717) is 13.1 Å². The molecule has 108 valence electrons. The first-order valence-electron chi connectivity index (χ1n) is 6.87. The van der Waals surface area contributed by atoms with Gasteiger partial charge in [-0.15, -0.1) is 0 Å². The number of carbonyl (C=O) groups is 1. The molecule has 0 fully saturated rings. The van der Waals surface area contributed by atoms with Crippen LogP contribution >= 0.6 is 0 Å². The van der Waals surface area contributed by atoms with E-state index in [1.165, 1.54) is 12.1 Å². The highest BCUT2D eigenvalue weighted by atomic mass is 16.2. The molecule has 1 atom stereocenters. The zero-order valence-electron chi connectivity index (χ0n) is 11.5. The van der Waals surface area contributed by atoms with Crippen LogP contribution in [0.25, 0.3) is 0 Å². The first kappa shape index (κ1) is 13.5. The summed E-state index contributed by atoms with van der Waals surface area (Å²) in [7, 11) is 0. The van der Waals surface area contributed by atoms with Gasteiger partial charge in [-0.1, -0.05) is 18.2 Å². The van der Waals surface area contributed by atoms with Gasteiger partial charge in [0.05, 0.1) is 0 Å². The van der Waals surface area contributed by atoms with Gasteiger partial charge in [0, 0.05) is 24.2 Å². The van der Waals surface area contributed by atoms with Gasteiger partial charge in [0.15, 0.2) is 0 Å². The molecule has 6 nitrogen and oxygen atoms in total. The molecule has 1 amide bonds. The van der Waals surface area contributed by atoms with Crippen molar-refractivity contribution in [1.29, 1.82) is 0 Å². The Morgan fingerprint density at radius 2 is 2.14 bits per heavy atom. The largest absolute Gasteiger partial charge is 0.330 e. The Morgan fingerprint density at radius 1 is 1.33 bits per heavy atom. The Kier molecular flexibility index (Phi) is 3.53. The van der Waals surface area contributed by atoms with Gasteiger partial charge in [-0.2, -0.15) is 5.10 Å². The van der Waals surface area contributed by atoms with Crippen LogP contribution in [0.5, 0.6) is 0 Å². The molecule has 0 spiro atoms. The summed E-state index contributed by atoms with van der Waals surface area (Å²) in [4.78, 5) is 25.3. The van der Waals surface area contributed by atoms with E-state index in [4.69, 9.17) is 5.73 Å². The van der Waals surface area contributed by atoms with Crippen molar-refractivity contribution in [3.8, 4) is 0 Å². The molecule has 21 heavy (non-hydrogen) atoms. The van der Waals surface area contributed by atoms with Crippen molar-refractivity contribution < 1.29 is 4.79 Å². The number of anilines is 1. The van der Waals surface area contributed by atoms with Gasteiger partial charge < -0.3 is 10.6 Å². The maximum Gasteiger partial charge on any atom is 0.278 e. The molecule has 3 rings (SSSR count). The van der Waals surface area contributed by atoms with E-state index in [1.54, 1.807) is 4.90 Å². The molecule has 3 N–H and O–H groups in total. The fraction of sp³-hybridized carbons (Fsp3) is 0.267. The number of aromatic nitrogens is 2. The molecule has 2 heterocycles. The first-order chi connectivity index (χ1) is 10.2. The molecule has 0 bridgehead atoms. The monoisotopic (exact) mass is 284 g/mol. The molecule has 1 aromatic heterocycles. The van der Waals surface area contributed by atoms with Gasteiger partial charge >= 0.3 is 0 Å². The molecule has 0 saturated heterocycles. The predicted molar refractivity (Wildman–Crippen MR) is 79.4 cm³/mol. The van der Waals surface area contributed by atoms with E-state index < -0.39 is 0 Å². The number of nitrogens with two attached hydrogens (primary N) is 1. The quantitative estimate of drug-likeness (QED) is 0.874. The number of nitrogens with one attached hydrogen (secondary N) is 1. The van der Waals surface area contributed by atoms with Gasteiger partial charge in [-0.25, -0.2) is 5.10 Å². The number of amides is 1. The predicted octanol–water partition coefficient (Wildman–Crippen LogP) is 0.863. The van der Waals surface area contributed by atoms with Crippen LogP contribution in [0.4, 0.5) is 5.69 Å². The Morgan fingerprint density at radius 3 is 2.86 bits per heavy atom. The molecule has 0 saturated carbocycles. The maximum absolute atomic E-state index is 12.6. The molecule has 1 unspecified atom stereocenters. The van der Waals surface area contributed by atoms with E-state index in [1.807, 2.05) is 24.3 Å². The third-order valence-electron chi connectivity index (χ3n) is 3.73. The number of hydrogen-bond acceptors (Lipinski definition) is 4. The van der Waals surface area contributed by atoms with E-state index in [9.17, 15) is 9.59 Å². The van der Waals surface area contributed by atoms with Gasteiger partial charge in [0.1, 0.15) is 5.69 Å². The summed E-state index contributed by atoms with van der Waals surface area (Å²) in [6.07, 6.45) is 0.833. The van der Waals surface area contributed by atoms with Gasteiger partial charge in [0.2, 0.25) is 0 Å². The number of H-pyrrole nitrogens is 1. The lowest BCUT2D eigenvalue weighted by molar-refractivity contribution is 0.0982. The van der Waals surface area contributed by atoms with Crippen molar-refractivity contribution in [2.75, 3.05) is 18.0 Å². The first-order valence-corrected chi connectivity index (χ1v) is 6.87. The number of para-hydroxylation sites is 1. The number of benzene rings is 1. The Labute approximate surface area is 121 Å². The van der Waals surface area contributed by atoms with Crippen LogP contribution in [-0.4, -0.2) is 29.2 Å². The van der Waals surface area contributed by atoms with Crippen LogP contribution < -0.4 is 16.2 Å². The summed E-state index contributed by atoms with van der Waals surface area (Å²) in [5, 5.41) is 6.10. The van der Waals surface area contributed by atoms with Crippen LogP contribution in [0.1, 0.15) is 28.4 Å². The highest BCUT2D eigenvalue weighted by Crippen LogP contribution is 2.38. The molecule has 2 aromatic rings. The molecule has 6 heteroatoms. The van der Waals surface area contributed by atoms with Gasteiger partial charge in [-0.05, 0) is 30.7 Å². The molecule has 1 aliphatic rings. The molecular formula is C15H16N4O2. The molecule has 1 aliphatic heterocycles. The minimum absolute atomic E-state index is 0.210. The molecular weight excluding hydrogens is 268 g/mol. The van der Waals surface area contributed by atoms with Gasteiger partial charge in [-0.3, -0.25) is 9.59 Å². The second-order valence-corrected chi connectivity index (χ2v) is 5.06. The summed E-state index contributed by atoms with van der Waals surface area (Å²) in [6, 6.07) is 10.6. The van der Waals surface area contributed by atoms with E-state index >= 15 is 0 Å². The summed E-state index contributed by atoms with van der Waals surface area (Å²) < 4.78 is 0. The van der Waals surface area contributed by atoms with E-state index in [2.05, 4.69) is 10.2 Å². The molecule has 1 aromatic carbocycles. The normalized spacial score (nSPS) is 16.8. The van der Waals surface area contributed by atoms with Crippen LogP contribution in [-0.2, 0) is 0 Å². The van der Waals surface area contributed by atoms with E-state index in [-0.39, 0.29) is 23.1 Å². The smallest absolute Gasteiger partial charge is 0.278 e. The number of hydrogen-bond donors (Lipinski definition) is 2. The lowest BCUT2D eigenvalue weighted by Crippen LogP contribution is -2.31. The van der Waals surface area contributed by atoms with Crippen molar-refractivity contribution in [3.63, 3.8) is 0 Å². The van der Waals surface area contributed by atoms with Crippen molar-refractivity contribution in [2.45, 2.75) is 12.3 Å². The fourth-order valence-electron chi connectivity index (χ4n) is 2.74. The second-order valence-electron chi connectivity index (χ2n) is 5.06. The lowest BCUT2D eigenvalue weighted by Gasteiger charge is -2.17. The lowest BCUT2D eigenvalue weighted by atomic mass is 9.98. The number of rotatable bonds is 3. The van der Waals surface area contributed by atoms with Crippen molar-refractivity contribution in [3.05, 3.63) is 58.0 Å². The average molecular weight is 284 g/mol. The Bertz CT molecular complexity index is 705. The third-order valence-corrected chi connectivity index (χ3v) is 3.73. The average Bonchev–Trinajstić information content (AvgIpc) is 2.87. The minimum atomic E-state index is -0.325. The van der Waals surface area contributed by atoms with Crippen molar-refractivity contribution in [2.24, 2.45) is 5.73 Å². The van der Waals surface area contributed by atoms with Crippen LogP contribution in [0.2, 0.25) is 0 Å². The maximum atomic E-state index is 12.6. The fourth-order valence-corrected chi connectivity index (χ4v) is 2.74. The van der Waals surface area contributed by atoms with Crippen molar-refractivity contribution >= 4 is 11.6 Å². The van der Waals surface area contributed by atoms with Crippen LogP contribution in [0.15, 0.2) is 41.2 Å².